The van der Waals surface area contributed by atoms with Crippen molar-refractivity contribution in [3.63, 3.8) is 0 Å². The summed E-state index contributed by atoms with van der Waals surface area (Å²) in [7, 11) is 0. The molecule has 2 rings (SSSR count). The normalized spacial score (nSPS) is 17.4. The number of rotatable bonds is 2. The van der Waals surface area contributed by atoms with Crippen molar-refractivity contribution in [2.75, 3.05) is 13.1 Å². The van der Waals surface area contributed by atoms with Crippen LogP contribution in [0.4, 0.5) is 0 Å². The monoisotopic (exact) mass is 211 g/mol. The van der Waals surface area contributed by atoms with Crippen LogP contribution in [-0.4, -0.2) is 27.6 Å². The second kappa shape index (κ2) is 4.11. The van der Waals surface area contributed by atoms with Crippen molar-refractivity contribution < 1.29 is 10.2 Å². The van der Waals surface area contributed by atoms with Gasteiger partial charge in [-0.1, -0.05) is 0 Å². The summed E-state index contributed by atoms with van der Waals surface area (Å²) in [6, 6.07) is 4.93. The second-order valence-corrected chi connectivity index (χ2v) is 4.55. The third-order valence-corrected chi connectivity index (χ3v) is 3.33. The molecule has 3 nitrogen and oxygen atoms in total. The van der Waals surface area contributed by atoms with Crippen LogP contribution in [0, 0.1) is 0 Å². The Balaban J connectivity index is 2.05. The van der Waals surface area contributed by atoms with Gasteiger partial charge in [-0.3, -0.25) is 0 Å². The molecule has 0 aromatic heterocycles. The third kappa shape index (κ3) is 2.13. The van der Waals surface area contributed by atoms with Gasteiger partial charge < -0.3 is 10.2 Å². The molecule has 14 heavy (non-hydrogen) atoms. The summed E-state index contributed by atoms with van der Waals surface area (Å²) in [5, 5.41) is 18.4. The Morgan fingerprint density at radius 2 is 1.79 bits per heavy atom. The fourth-order valence-electron chi connectivity index (χ4n) is 1.49. The summed E-state index contributed by atoms with van der Waals surface area (Å²) in [6.07, 6.45) is 2.49. The van der Waals surface area contributed by atoms with Gasteiger partial charge in [-0.25, -0.2) is 4.31 Å². The third-order valence-electron chi connectivity index (χ3n) is 2.25. The minimum atomic E-state index is -0.0595. The minimum absolute atomic E-state index is 0.0470. The number of nitrogens with zero attached hydrogens (tertiary/aromatic N) is 1. The molecule has 1 heterocycles. The molecule has 0 aliphatic carbocycles. The van der Waals surface area contributed by atoms with Gasteiger partial charge in [-0.05, 0) is 43.0 Å². The maximum atomic E-state index is 9.29. The van der Waals surface area contributed by atoms with Crippen LogP contribution in [-0.2, 0) is 0 Å². The molecule has 0 bridgehead atoms. The molecule has 0 amide bonds. The Hall–Kier alpha value is -0.870. The van der Waals surface area contributed by atoms with E-state index in [4.69, 9.17) is 5.11 Å². The molecule has 1 aromatic carbocycles. The highest BCUT2D eigenvalue weighted by Gasteiger charge is 2.13. The molecule has 0 atom stereocenters. The molecule has 1 aliphatic heterocycles. The lowest BCUT2D eigenvalue weighted by Crippen LogP contribution is -2.08. The molecule has 76 valence electrons. The number of hydrogen-bond donors (Lipinski definition) is 2. The Bertz CT molecular complexity index is 324. The van der Waals surface area contributed by atoms with Crippen molar-refractivity contribution in [2.45, 2.75) is 17.7 Å². The summed E-state index contributed by atoms with van der Waals surface area (Å²) in [5.41, 5.74) is 0. The lowest BCUT2D eigenvalue weighted by Gasteiger charge is -2.13. The summed E-state index contributed by atoms with van der Waals surface area (Å²) < 4.78 is 2.27. The lowest BCUT2D eigenvalue weighted by molar-refractivity contribution is 0.402. The van der Waals surface area contributed by atoms with Crippen molar-refractivity contribution in [1.82, 2.24) is 4.31 Å². The predicted molar refractivity (Wildman–Crippen MR) is 56.4 cm³/mol. The van der Waals surface area contributed by atoms with E-state index in [0.29, 0.717) is 0 Å². The maximum Gasteiger partial charge on any atom is 0.158 e. The van der Waals surface area contributed by atoms with Gasteiger partial charge in [0.2, 0.25) is 0 Å². The summed E-state index contributed by atoms with van der Waals surface area (Å²) in [4.78, 5) is 0.974. The van der Waals surface area contributed by atoms with E-state index < -0.39 is 0 Å². The van der Waals surface area contributed by atoms with Crippen molar-refractivity contribution >= 4 is 11.9 Å². The van der Waals surface area contributed by atoms with Crippen molar-refractivity contribution in [1.29, 1.82) is 0 Å². The maximum absolute atomic E-state index is 9.29. The fraction of sp³-hybridized carbons (Fsp3) is 0.400. The second-order valence-electron chi connectivity index (χ2n) is 3.38. The van der Waals surface area contributed by atoms with Crippen molar-refractivity contribution in [3.8, 4) is 11.5 Å². The average Bonchev–Trinajstić information content (AvgIpc) is 2.64. The molecule has 1 fully saturated rings. The van der Waals surface area contributed by atoms with E-state index in [1.54, 1.807) is 18.0 Å². The number of phenolic OH excluding ortho intramolecular Hbond substituents is 2. The molecule has 0 radical (unpaired) electrons. The number of benzene rings is 1. The van der Waals surface area contributed by atoms with Crippen LogP contribution < -0.4 is 0 Å². The van der Waals surface area contributed by atoms with E-state index in [0.717, 1.165) is 18.0 Å². The zero-order valence-corrected chi connectivity index (χ0v) is 8.63. The molecule has 4 heteroatoms. The van der Waals surface area contributed by atoms with Crippen LogP contribution in [0.1, 0.15) is 12.8 Å². The molecule has 0 unspecified atom stereocenters. The number of aromatic hydroxyl groups is 2. The Kier molecular flexibility index (Phi) is 2.84. The van der Waals surface area contributed by atoms with Gasteiger partial charge in [0.25, 0.3) is 0 Å². The SMILES string of the molecule is Oc1ccc(SN2CCCC2)cc1O. The van der Waals surface area contributed by atoms with E-state index in [2.05, 4.69) is 4.31 Å². The van der Waals surface area contributed by atoms with Crippen molar-refractivity contribution in [3.05, 3.63) is 18.2 Å². The van der Waals surface area contributed by atoms with Gasteiger partial charge in [-0.2, -0.15) is 0 Å². The minimum Gasteiger partial charge on any atom is -0.504 e. The molecule has 0 saturated carbocycles. The van der Waals surface area contributed by atoms with E-state index in [1.165, 1.54) is 18.9 Å². The largest absolute Gasteiger partial charge is 0.504 e. The summed E-state index contributed by atoms with van der Waals surface area (Å²) in [5.74, 6) is -0.107. The predicted octanol–water partition coefficient (Wildman–Crippen LogP) is 2.20. The van der Waals surface area contributed by atoms with Crippen LogP contribution in [0.2, 0.25) is 0 Å². The van der Waals surface area contributed by atoms with Gasteiger partial charge in [0, 0.05) is 18.0 Å². The smallest absolute Gasteiger partial charge is 0.158 e. The van der Waals surface area contributed by atoms with Crippen molar-refractivity contribution in [2.24, 2.45) is 0 Å². The van der Waals surface area contributed by atoms with Gasteiger partial charge in [0.05, 0.1) is 0 Å². The van der Waals surface area contributed by atoms with Gasteiger partial charge in [0.15, 0.2) is 11.5 Å². The lowest BCUT2D eigenvalue weighted by atomic mass is 10.3. The first-order valence-corrected chi connectivity index (χ1v) is 5.48. The molecular formula is C10H13NO2S. The molecule has 2 N–H and O–H groups in total. The van der Waals surface area contributed by atoms with E-state index in [1.807, 2.05) is 6.07 Å². The van der Waals surface area contributed by atoms with Crippen LogP contribution in [0.15, 0.2) is 23.1 Å². The number of phenols is 2. The van der Waals surface area contributed by atoms with Gasteiger partial charge in [0.1, 0.15) is 0 Å². The van der Waals surface area contributed by atoms with Gasteiger partial charge in [-0.15, -0.1) is 0 Å². The van der Waals surface area contributed by atoms with E-state index >= 15 is 0 Å². The highest BCUT2D eigenvalue weighted by atomic mass is 32.2. The highest BCUT2D eigenvalue weighted by Crippen LogP contribution is 2.32. The topological polar surface area (TPSA) is 43.7 Å². The first-order chi connectivity index (χ1) is 6.75. The summed E-state index contributed by atoms with van der Waals surface area (Å²) >= 11 is 1.64. The van der Waals surface area contributed by atoms with E-state index in [-0.39, 0.29) is 11.5 Å². The first-order valence-electron chi connectivity index (χ1n) is 4.70. The van der Waals surface area contributed by atoms with Crippen LogP contribution >= 0.6 is 11.9 Å². The highest BCUT2D eigenvalue weighted by molar-refractivity contribution is 7.97. The van der Waals surface area contributed by atoms with Crippen LogP contribution in [0.3, 0.4) is 0 Å². The molecule has 0 spiro atoms. The average molecular weight is 211 g/mol. The Morgan fingerprint density at radius 3 is 2.43 bits per heavy atom. The zero-order chi connectivity index (χ0) is 9.97. The Labute approximate surface area is 87.5 Å². The quantitative estimate of drug-likeness (QED) is 0.581. The first kappa shape index (κ1) is 9.68. The van der Waals surface area contributed by atoms with Crippen LogP contribution in [0.25, 0.3) is 0 Å². The van der Waals surface area contributed by atoms with E-state index in [9.17, 15) is 5.11 Å². The zero-order valence-electron chi connectivity index (χ0n) is 7.81. The molecular weight excluding hydrogens is 198 g/mol. The van der Waals surface area contributed by atoms with Crippen LogP contribution in [0.5, 0.6) is 11.5 Å². The Morgan fingerprint density at radius 1 is 1.07 bits per heavy atom. The van der Waals surface area contributed by atoms with Gasteiger partial charge >= 0.3 is 0 Å². The molecule has 1 aliphatic rings. The fourth-order valence-corrected chi connectivity index (χ4v) is 2.52. The summed E-state index contributed by atoms with van der Waals surface area (Å²) in [6.45, 7) is 2.21. The number of hydrogen-bond acceptors (Lipinski definition) is 4. The standard InChI is InChI=1S/C10H13NO2S/c12-9-4-3-8(7-10(9)13)14-11-5-1-2-6-11/h3-4,7,12-13H,1-2,5-6H2. The molecule has 1 saturated heterocycles. The molecule has 1 aromatic rings.